The molecule has 1 aromatic rings. The molecule has 0 unspecified atom stereocenters. The van der Waals surface area contributed by atoms with Crippen LogP contribution in [0, 0.1) is 11.7 Å². The number of hydrogen-bond donors (Lipinski definition) is 2. The molecule has 0 bridgehead atoms. The fourth-order valence-corrected chi connectivity index (χ4v) is 5.39. The van der Waals surface area contributed by atoms with Crippen LogP contribution >= 0.6 is 0 Å². The number of benzene rings is 1. The van der Waals surface area contributed by atoms with Crippen LogP contribution in [0.4, 0.5) is 9.18 Å². The predicted molar refractivity (Wildman–Crippen MR) is 97.6 cm³/mol. The van der Waals surface area contributed by atoms with E-state index in [-0.39, 0.29) is 30.2 Å². The number of amides is 2. The molecule has 1 atom stereocenters. The van der Waals surface area contributed by atoms with Gasteiger partial charge in [0.15, 0.2) is 0 Å². The van der Waals surface area contributed by atoms with Gasteiger partial charge in [-0.3, -0.25) is 0 Å². The van der Waals surface area contributed by atoms with Gasteiger partial charge in [0, 0.05) is 19.6 Å². The van der Waals surface area contributed by atoms with Gasteiger partial charge >= 0.3 is 6.03 Å². The lowest BCUT2D eigenvalue weighted by atomic mass is 9.92. The third kappa shape index (κ3) is 4.73. The van der Waals surface area contributed by atoms with Crippen molar-refractivity contribution in [2.24, 2.45) is 5.92 Å². The van der Waals surface area contributed by atoms with Crippen molar-refractivity contribution < 1.29 is 17.6 Å². The molecule has 1 aliphatic carbocycles. The van der Waals surface area contributed by atoms with E-state index in [1.54, 1.807) is 12.1 Å². The highest BCUT2D eigenvalue weighted by atomic mass is 32.2. The number of nitrogens with zero attached hydrogens (tertiary/aromatic N) is 1. The number of sulfonamides is 1. The Hall–Kier alpha value is -1.67. The van der Waals surface area contributed by atoms with Gasteiger partial charge in [-0.1, -0.05) is 25.0 Å². The molecular weight excluding hydrogens is 357 g/mol. The number of rotatable bonds is 6. The second-order valence-electron chi connectivity index (χ2n) is 7.04. The van der Waals surface area contributed by atoms with Crippen molar-refractivity contribution in [2.75, 3.05) is 25.4 Å². The molecule has 2 amide bonds. The lowest BCUT2D eigenvalue weighted by Crippen LogP contribution is -2.43. The van der Waals surface area contributed by atoms with Gasteiger partial charge in [0.05, 0.1) is 11.8 Å². The molecule has 0 radical (unpaired) electrons. The average molecular weight is 383 g/mol. The van der Waals surface area contributed by atoms with E-state index in [1.807, 2.05) is 0 Å². The van der Waals surface area contributed by atoms with E-state index >= 15 is 0 Å². The predicted octanol–water partition coefficient (Wildman–Crippen LogP) is 2.39. The summed E-state index contributed by atoms with van der Waals surface area (Å²) in [4.78, 5) is 12.3. The second kappa shape index (κ2) is 8.35. The Kier molecular flexibility index (Phi) is 6.13. The Labute approximate surface area is 154 Å². The third-order valence-electron chi connectivity index (χ3n) is 5.24. The fraction of sp³-hybridized carbons (Fsp3) is 0.611. The van der Waals surface area contributed by atoms with Gasteiger partial charge in [-0.2, -0.15) is 0 Å². The van der Waals surface area contributed by atoms with Crippen LogP contribution in [0.3, 0.4) is 0 Å². The van der Waals surface area contributed by atoms with Crippen LogP contribution in [0.5, 0.6) is 0 Å². The third-order valence-corrected chi connectivity index (χ3v) is 7.19. The molecule has 144 valence electrons. The monoisotopic (exact) mass is 383 g/mol. The minimum Gasteiger partial charge on any atom is -0.337 e. The van der Waals surface area contributed by atoms with Crippen molar-refractivity contribution in [1.29, 1.82) is 0 Å². The first-order valence-corrected chi connectivity index (χ1v) is 10.8. The van der Waals surface area contributed by atoms with Crippen LogP contribution in [0.2, 0.25) is 0 Å². The quantitative estimate of drug-likeness (QED) is 0.792. The van der Waals surface area contributed by atoms with Crippen LogP contribution in [0.15, 0.2) is 24.3 Å². The van der Waals surface area contributed by atoms with Gasteiger partial charge in [-0.25, -0.2) is 21.9 Å². The molecule has 1 heterocycles. The standard InChI is InChI=1S/C18H26FN3O3S/c19-16-8-6-15(7-9-16)17(14-4-1-2-5-14)21-18(23)20-10-12-22-11-3-13-26(22,24)25/h6-9,14,17H,1-5,10-13H2,(H2,20,21,23)/t17-/m0/s1. The van der Waals surface area contributed by atoms with E-state index in [4.69, 9.17) is 0 Å². The molecule has 1 saturated carbocycles. The summed E-state index contributed by atoms with van der Waals surface area (Å²) < 4.78 is 38.2. The summed E-state index contributed by atoms with van der Waals surface area (Å²) in [6.45, 7) is 1.08. The Morgan fingerprint density at radius 2 is 1.88 bits per heavy atom. The number of halogens is 1. The topological polar surface area (TPSA) is 78.5 Å². The molecule has 2 aliphatic rings. The highest BCUT2D eigenvalue weighted by Crippen LogP contribution is 2.35. The summed E-state index contributed by atoms with van der Waals surface area (Å²) in [6, 6.07) is 5.78. The Morgan fingerprint density at radius 3 is 2.50 bits per heavy atom. The number of carbonyl (C=O) groups excluding carboxylic acids is 1. The smallest absolute Gasteiger partial charge is 0.315 e. The van der Waals surface area contributed by atoms with Crippen molar-refractivity contribution in [2.45, 2.75) is 38.1 Å². The highest BCUT2D eigenvalue weighted by molar-refractivity contribution is 7.89. The van der Waals surface area contributed by atoms with Crippen molar-refractivity contribution in [3.63, 3.8) is 0 Å². The van der Waals surface area contributed by atoms with Crippen molar-refractivity contribution in [3.8, 4) is 0 Å². The van der Waals surface area contributed by atoms with Gasteiger partial charge in [0.1, 0.15) is 5.82 Å². The average Bonchev–Trinajstić information content (AvgIpc) is 3.24. The van der Waals surface area contributed by atoms with Gasteiger partial charge in [-0.15, -0.1) is 0 Å². The van der Waals surface area contributed by atoms with Crippen molar-refractivity contribution in [1.82, 2.24) is 14.9 Å². The summed E-state index contributed by atoms with van der Waals surface area (Å²) in [5.74, 6) is 0.230. The van der Waals surface area contributed by atoms with Crippen molar-refractivity contribution >= 4 is 16.1 Å². The molecule has 0 aromatic heterocycles. The minimum absolute atomic E-state index is 0.159. The zero-order valence-corrected chi connectivity index (χ0v) is 15.6. The van der Waals surface area contributed by atoms with Crippen LogP contribution in [-0.4, -0.2) is 44.1 Å². The largest absolute Gasteiger partial charge is 0.337 e. The molecule has 2 fully saturated rings. The maximum absolute atomic E-state index is 13.2. The first-order valence-electron chi connectivity index (χ1n) is 9.23. The number of carbonyl (C=O) groups is 1. The number of hydrogen-bond acceptors (Lipinski definition) is 3. The van der Waals surface area contributed by atoms with E-state index in [9.17, 15) is 17.6 Å². The van der Waals surface area contributed by atoms with E-state index in [1.165, 1.54) is 16.4 Å². The van der Waals surface area contributed by atoms with Crippen molar-refractivity contribution in [3.05, 3.63) is 35.6 Å². The molecule has 26 heavy (non-hydrogen) atoms. The van der Waals surface area contributed by atoms with Gasteiger partial charge < -0.3 is 10.6 Å². The Balaban J connectivity index is 1.56. The minimum atomic E-state index is -3.14. The molecule has 3 rings (SSSR count). The van der Waals surface area contributed by atoms with Crippen LogP contribution < -0.4 is 10.6 Å². The molecule has 1 aromatic carbocycles. The number of urea groups is 1. The van der Waals surface area contributed by atoms with E-state index in [0.29, 0.717) is 25.4 Å². The SMILES string of the molecule is O=C(NCCN1CCCS1(=O)=O)N[C@H](c1ccc(F)cc1)C1CCCC1. The van der Waals surface area contributed by atoms with E-state index < -0.39 is 10.0 Å². The fourth-order valence-electron chi connectivity index (χ4n) is 3.86. The Bertz CT molecular complexity index is 718. The first kappa shape index (κ1) is 19.1. The molecular formula is C18H26FN3O3S. The summed E-state index contributed by atoms with van der Waals surface area (Å²) >= 11 is 0. The van der Waals surface area contributed by atoms with Gasteiger partial charge in [0.2, 0.25) is 10.0 Å². The van der Waals surface area contributed by atoms with Gasteiger partial charge in [0.25, 0.3) is 0 Å². The first-order chi connectivity index (χ1) is 12.5. The van der Waals surface area contributed by atoms with E-state index in [2.05, 4.69) is 10.6 Å². The zero-order chi connectivity index (χ0) is 18.6. The zero-order valence-electron chi connectivity index (χ0n) is 14.8. The van der Waals surface area contributed by atoms with Crippen LogP contribution in [0.25, 0.3) is 0 Å². The van der Waals surface area contributed by atoms with Crippen LogP contribution in [0.1, 0.15) is 43.7 Å². The lowest BCUT2D eigenvalue weighted by molar-refractivity contribution is 0.230. The maximum Gasteiger partial charge on any atom is 0.315 e. The summed E-state index contributed by atoms with van der Waals surface area (Å²) in [7, 11) is -3.14. The molecule has 6 nitrogen and oxygen atoms in total. The molecule has 1 aliphatic heterocycles. The summed E-state index contributed by atoms with van der Waals surface area (Å²) in [5, 5.41) is 5.75. The number of nitrogens with one attached hydrogen (secondary N) is 2. The highest BCUT2D eigenvalue weighted by Gasteiger charge is 2.29. The molecule has 8 heteroatoms. The molecule has 0 spiro atoms. The normalized spacial score (nSPS) is 21.6. The van der Waals surface area contributed by atoms with Crippen LogP contribution in [-0.2, 0) is 10.0 Å². The molecule has 1 saturated heterocycles. The lowest BCUT2D eigenvalue weighted by Gasteiger charge is -2.25. The summed E-state index contributed by atoms with van der Waals surface area (Å²) in [5.41, 5.74) is 0.899. The summed E-state index contributed by atoms with van der Waals surface area (Å²) in [6.07, 6.45) is 4.99. The Morgan fingerprint density at radius 1 is 1.19 bits per heavy atom. The molecule has 2 N–H and O–H groups in total. The second-order valence-corrected chi connectivity index (χ2v) is 9.13. The van der Waals surface area contributed by atoms with E-state index in [0.717, 1.165) is 31.2 Å². The van der Waals surface area contributed by atoms with Gasteiger partial charge in [-0.05, 0) is 42.9 Å². The maximum atomic E-state index is 13.2.